The molecular formula is C20H26N4O2. The molecule has 1 N–H and O–H groups in total. The number of aromatic nitrogens is 2. The molecule has 1 aliphatic rings. The summed E-state index contributed by atoms with van der Waals surface area (Å²) in [5, 5.41) is 7.14. The average molecular weight is 354 g/mol. The van der Waals surface area contributed by atoms with E-state index in [-0.39, 0.29) is 11.1 Å². The van der Waals surface area contributed by atoms with Gasteiger partial charge in [0.05, 0.1) is 5.69 Å². The summed E-state index contributed by atoms with van der Waals surface area (Å²) in [4.78, 5) is 27.0. The number of hydrogen-bond acceptors (Lipinski definition) is 4. The van der Waals surface area contributed by atoms with Gasteiger partial charge in [0, 0.05) is 31.4 Å². The largest absolute Gasteiger partial charge is 0.349 e. The fourth-order valence-corrected chi connectivity index (χ4v) is 3.44. The van der Waals surface area contributed by atoms with E-state index in [1.54, 1.807) is 11.6 Å². The Bertz CT molecular complexity index is 816. The Labute approximate surface area is 153 Å². The Morgan fingerprint density at radius 3 is 2.81 bits per heavy atom. The van der Waals surface area contributed by atoms with Crippen molar-refractivity contribution in [3.63, 3.8) is 0 Å². The van der Waals surface area contributed by atoms with Crippen LogP contribution < -0.4 is 10.7 Å². The first-order chi connectivity index (χ1) is 12.5. The third-order valence-corrected chi connectivity index (χ3v) is 4.78. The second kappa shape index (κ2) is 8.27. The molecule has 2 aromatic rings. The fraction of sp³-hybridized carbons (Fsp3) is 0.450. The lowest BCUT2D eigenvalue weighted by molar-refractivity contribution is 0.0936. The first-order valence-corrected chi connectivity index (χ1v) is 9.21. The molecule has 1 fully saturated rings. The molecule has 1 aliphatic heterocycles. The molecule has 1 amide bonds. The maximum Gasteiger partial charge on any atom is 0.275 e. The standard InChI is InChI=1S/C20H26N4O2/c1-15-7-6-11-23(14-15)12-10-21-20(26)19-18(25)13-16(2)24(22-19)17-8-4-3-5-9-17/h3-5,8-9,13,15H,6-7,10-12,14H2,1-2H3,(H,21,26)/t15-/m0/s1. The van der Waals surface area contributed by atoms with Crippen LogP contribution in [0.2, 0.25) is 0 Å². The highest BCUT2D eigenvalue weighted by Gasteiger charge is 2.18. The molecule has 0 saturated carbocycles. The van der Waals surface area contributed by atoms with Crippen LogP contribution in [0.1, 0.15) is 35.9 Å². The molecule has 1 aromatic heterocycles. The Morgan fingerprint density at radius 2 is 2.08 bits per heavy atom. The van der Waals surface area contributed by atoms with E-state index in [9.17, 15) is 9.59 Å². The van der Waals surface area contributed by atoms with E-state index < -0.39 is 5.91 Å². The van der Waals surface area contributed by atoms with Gasteiger partial charge in [-0.3, -0.25) is 9.59 Å². The van der Waals surface area contributed by atoms with Crippen molar-refractivity contribution in [3.05, 3.63) is 58.0 Å². The van der Waals surface area contributed by atoms with Gasteiger partial charge in [-0.2, -0.15) is 5.10 Å². The highest BCUT2D eigenvalue weighted by Crippen LogP contribution is 2.14. The summed E-state index contributed by atoms with van der Waals surface area (Å²) in [5.74, 6) is 0.293. The first kappa shape index (κ1) is 18.3. The van der Waals surface area contributed by atoms with Gasteiger partial charge in [-0.05, 0) is 44.4 Å². The Morgan fingerprint density at radius 1 is 1.31 bits per heavy atom. The maximum absolute atomic E-state index is 12.5. The van der Waals surface area contributed by atoms with Gasteiger partial charge in [-0.15, -0.1) is 0 Å². The van der Waals surface area contributed by atoms with Crippen molar-refractivity contribution >= 4 is 5.91 Å². The predicted molar refractivity (Wildman–Crippen MR) is 102 cm³/mol. The number of piperidine rings is 1. The van der Waals surface area contributed by atoms with E-state index in [1.165, 1.54) is 18.9 Å². The van der Waals surface area contributed by atoms with E-state index in [2.05, 4.69) is 22.2 Å². The Hall–Kier alpha value is -2.47. The number of benzene rings is 1. The van der Waals surface area contributed by atoms with Crippen LogP contribution in [0.5, 0.6) is 0 Å². The van der Waals surface area contributed by atoms with Crippen molar-refractivity contribution in [2.45, 2.75) is 26.7 Å². The summed E-state index contributed by atoms with van der Waals surface area (Å²) in [6.07, 6.45) is 2.48. The van der Waals surface area contributed by atoms with E-state index in [0.717, 1.165) is 25.3 Å². The zero-order valence-corrected chi connectivity index (χ0v) is 15.4. The number of rotatable bonds is 5. The van der Waals surface area contributed by atoms with Gasteiger partial charge in [-0.1, -0.05) is 25.1 Å². The lowest BCUT2D eigenvalue weighted by Gasteiger charge is -2.30. The minimum absolute atomic E-state index is 0.0635. The number of likely N-dealkylation sites (tertiary alicyclic amines) is 1. The van der Waals surface area contributed by atoms with Gasteiger partial charge in [0.15, 0.2) is 5.69 Å². The van der Waals surface area contributed by atoms with Crippen LogP contribution in [0.4, 0.5) is 0 Å². The van der Waals surface area contributed by atoms with E-state index in [0.29, 0.717) is 18.2 Å². The van der Waals surface area contributed by atoms with Gasteiger partial charge in [0.25, 0.3) is 5.91 Å². The molecule has 1 atom stereocenters. The maximum atomic E-state index is 12.5. The summed E-state index contributed by atoms with van der Waals surface area (Å²) in [6.45, 7) is 7.53. The Balaban J connectivity index is 1.68. The number of nitrogens with one attached hydrogen (secondary N) is 1. The molecule has 0 spiro atoms. The van der Waals surface area contributed by atoms with Crippen molar-refractivity contribution in [2.75, 3.05) is 26.2 Å². The molecule has 3 rings (SSSR count). The third-order valence-electron chi connectivity index (χ3n) is 4.78. The van der Waals surface area contributed by atoms with Crippen molar-refractivity contribution in [1.82, 2.24) is 20.0 Å². The molecule has 0 bridgehead atoms. The third kappa shape index (κ3) is 4.38. The number of hydrogen-bond donors (Lipinski definition) is 1. The number of carbonyl (C=O) groups excluding carboxylic acids is 1. The van der Waals surface area contributed by atoms with Crippen LogP contribution in [0.25, 0.3) is 5.69 Å². The van der Waals surface area contributed by atoms with Crippen LogP contribution in [-0.4, -0.2) is 46.8 Å². The first-order valence-electron chi connectivity index (χ1n) is 9.21. The van der Waals surface area contributed by atoms with E-state index >= 15 is 0 Å². The fourth-order valence-electron chi connectivity index (χ4n) is 3.44. The van der Waals surface area contributed by atoms with Gasteiger partial charge in [-0.25, -0.2) is 4.68 Å². The van der Waals surface area contributed by atoms with Crippen LogP contribution in [0.15, 0.2) is 41.2 Å². The van der Waals surface area contributed by atoms with Gasteiger partial charge < -0.3 is 10.2 Å². The monoisotopic (exact) mass is 354 g/mol. The number of amides is 1. The molecule has 1 saturated heterocycles. The highest BCUT2D eigenvalue weighted by molar-refractivity contribution is 5.92. The summed E-state index contributed by atoms with van der Waals surface area (Å²) in [7, 11) is 0. The summed E-state index contributed by atoms with van der Waals surface area (Å²) in [6, 6.07) is 11.0. The SMILES string of the molecule is Cc1cc(=O)c(C(=O)NCCN2CCC[C@H](C)C2)nn1-c1ccccc1. The second-order valence-electron chi connectivity index (χ2n) is 7.05. The van der Waals surface area contributed by atoms with Gasteiger partial charge in [0.2, 0.25) is 5.43 Å². The molecule has 0 aliphatic carbocycles. The molecular weight excluding hydrogens is 328 g/mol. The number of para-hydroxylation sites is 1. The predicted octanol–water partition coefficient (Wildman–Crippen LogP) is 2.00. The van der Waals surface area contributed by atoms with E-state index in [4.69, 9.17) is 0 Å². The summed E-state index contributed by atoms with van der Waals surface area (Å²) >= 11 is 0. The Kier molecular flexibility index (Phi) is 5.83. The van der Waals surface area contributed by atoms with Gasteiger partial charge in [0.1, 0.15) is 0 Å². The molecule has 26 heavy (non-hydrogen) atoms. The van der Waals surface area contributed by atoms with Crippen LogP contribution in [0.3, 0.4) is 0 Å². The number of aryl methyl sites for hydroxylation is 1. The van der Waals surface area contributed by atoms with Crippen molar-refractivity contribution < 1.29 is 4.79 Å². The quantitative estimate of drug-likeness (QED) is 0.892. The number of nitrogens with zero attached hydrogens (tertiary/aromatic N) is 3. The minimum Gasteiger partial charge on any atom is -0.349 e. The molecule has 6 heteroatoms. The number of carbonyl (C=O) groups is 1. The molecule has 2 heterocycles. The van der Waals surface area contributed by atoms with Crippen LogP contribution >= 0.6 is 0 Å². The van der Waals surface area contributed by atoms with Gasteiger partial charge >= 0.3 is 0 Å². The normalized spacial score (nSPS) is 17.8. The van der Waals surface area contributed by atoms with Crippen molar-refractivity contribution in [3.8, 4) is 5.69 Å². The average Bonchev–Trinajstić information content (AvgIpc) is 2.62. The lowest BCUT2D eigenvalue weighted by Crippen LogP contribution is -2.41. The topological polar surface area (TPSA) is 67.2 Å². The van der Waals surface area contributed by atoms with Crippen molar-refractivity contribution in [2.24, 2.45) is 5.92 Å². The van der Waals surface area contributed by atoms with Crippen LogP contribution in [0, 0.1) is 12.8 Å². The second-order valence-corrected chi connectivity index (χ2v) is 7.05. The summed E-state index contributed by atoms with van der Waals surface area (Å²) in [5.41, 5.74) is 1.10. The smallest absolute Gasteiger partial charge is 0.275 e. The van der Waals surface area contributed by atoms with Crippen molar-refractivity contribution in [1.29, 1.82) is 0 Å². The molecule has 6 nitrogen and oxygen atoms in total. The minimum atomic E-state index is -0.412. The molecule has 0 radical (unpaired) electrons. The molecule has 1 aromatic carbocycles. The zero-order valence-electron chi connectivity index (χ0n) is 15.4. The highest BCUT2D eigenvalue weighted by atomic mass is 16.2. The summed E-state index contributed by atoms with van der Waals surface area (Å²) < 4.78 is 1.63. The lowest BCUT2D eigenvalue weighted by atomic mass is 10.0. The molecule has 138 valence electrons. The molecule has 0 unspecified atom stereocenters. The van der Waals surface area contributed by atoms with Crippen LogP contribution in [-0.2, 0) is 0 Å². The van der Waals surface area contributed by atoms with E-state index in [1.807, 2.05) is 30.3 Å². The zero-order chi connectivity index (χ0) is 18.5.